The fraction of sp³-hybridized carbons (Fsp3) is 0.529. The topological polar surface area (TPSA) is 56.3 Å². The number of methoxy groups -OCH3 is 2. The van der Waals surface area contributed by atoms with Crippen LogP contribution in [0.25, 0.3) is 11.0 Å². The third-order valence-corrected chi connectivity index (χ3v) is 4.05. The molecule has 23 heavy (non-hydrogen) atoms. The number of rotatable bonds is 9. The molecule has 1 N–H and O–H groups in total. The van der Waals surface area contributed by atoms with E-state index in [0.717, 1.165) is 23.9 Å². The Kier molecular flexibility index (Phi) is 6.71. The molecule has 0 radical (unpaired) electrons. The molecule has 6 heteroatoms. The first-order chi connectivity index (χ1) is 11.2. The number of fused-ring (bicyclic) bond motifs is 1. The molecule has 0 saturated carbocycles. The van der Waals surface area contributed by atoms with Crippen molar-refractivity contribution in [3.63, 3.8) is 0 Å². The van der Waals surface area contributed by atoms with Gasteiger partial charge in [0.2, 0.25) is 0 Å². The van der Waals surface area contributed by atoms with Gasteiger partial charge in [0, 0.05) is 18.7 Å². The van der Waals surface area contributed by atoms with Gasteiger partial charge in [0.25, 0.3) is 0 Å². The lowest BCUT2D eigenvalue weighted by atomic mass is 10.1. The van der Waals surface area contributed by atoms with Crippen molar-refractivity contribution in [3.05, 3.63) is 18.3 Å². The zero-order valence-electron chi connectivity index (χ0n) is 13.9. The van der Waals surface area contributed by atoms with Crippen molar-refractivity contribution in [2.24, 2.45) is 0 Å². The van der Waals surface area contributed by atoms with Crippen molar-refractivity contribution < 1.29 is 9.47 Å². The average molecular weight is 338 g/mol. The Bertz CT molecular complexity index is 637. The minimum absolute atomic E-state index is 0.101. The first kappa shape index (κ1) is 17.6. The van der Waals surface area contributed by atoms with Crippen molar-refractivity contribution in [2.75, 3.05) is 26.1 Å². The van der Waals surface area contributed by atoms with Gasteiger partial charge in [0.1, 0.15) is 5.82 Å². The smallest absolute Gasteiger partial charge is 0.163 e. The lowest BCUT2D eigenvalue weighted by molar-refractivity contribution is 0.355. The summed E-state index contributed by atoms with van der Waals surface area (Å²) in [5, 5.41) is 3.35. The van der Waals surface area contributed by atoms with Crippen LogP contribution in [0.1, 0.15) is 32.6 Å². The van der Waals surface area contributed by atoms with Crippen LogP contribution in [-0.4, -0.2) is 36.1 Å². The van der Waals surface area contributed by atoms with Gasteiger partial charge in [-0.2, -0.15) is 0 Å². The fourth-order valence-electron chi connectivity index (χ4n) is 2.36. The Hall–Kier alpha value is -1.75. The summed E-state index contributed by atoms with van der Waals surface area (Å²) in [5.74, 6) is 2.00. The second-order valence-electron chi connectivity index (χ2n) is 5.43. The number of aromatic nitrogens is 2. The molecule has 0 amide bonds. The first-order valence-electron chi connectivity index (χ1n) is 7.94. The standard InChI is InChI=1S/C17H24ClN3O2/c1-4-5-6-7-12(18)10-20-17-11-19-13-8-15(22-2)16(23-3)9-14(13)21-17/h8-9,11-12H,4-7,10H2,1-3H3,(H,20,21). The Morgan fingerprint density at radius 2 is 1.83 bits per heavy atom. The van der Waals surface area contributed by atoms with E-state index >= 15 is 0 Å². The van der Waals surface area contributed by atoms with Gasteiger partial charge in [0.15, 0.2) is 11.5 Å². The van der Waals surface area contributed by atoms with Crippen LogP contribution in [0.2, 0.25) is 0 Å². The Balaban J connectivity index is 2.04. The van der Waals surface area contributed by atoms with Crippen molar-refractivity contribution in [2.45, 2.75) is 38.0 Å². The van der Waals surface area contributed by atoms with E-state index < -0.39 is 0 Å². The summed E-state index contributed by atoms with van der Waals surface area (Å²) in [6.07, 6.45) is 6.31. The van der Waals surface area contributed by atoms with E-state index in [4.69, 9.17) is 21.1 Å². The van der Waals surface area contributed by atoms with E-state index in [-0.39, 0.29) is 5.38 Å². The molecule has 0 fully saturated rings. The van der Waals surface area contributed by atoms with Crippen LogP contribution in [0.15, 0.2) is 18.3 Å². The summed E-state index contributed by atoms with van der Waals surface area (Å²) in [7, 11) is 3.21. The summed E-state index contributed by atoms with van der Waals surface area (Å²) in [6.45, 7) is 2.87. The highest BCUT2D eigenvalue weighted by atomic mass is 35.5. The molecule has 5 nitrogen and oxygen atoms in total. The number of anilines is 1. The molecule has 1 aromatic carbocycles. The maximum atomic E-state index is 6.32. The summed E-state index contributed by atoms with van der Waals surface area (Å²) < 4.78 is 10.6. The minimum Gasteiger partial charge on any atom is -0.493 e. The number of hydrogen-bond acceptors (Lipinski definition) is 5. The van der Waals surface area contributed by atoms with Crippen LogP contribution in [-0.2, 0) is 0 Å². The minimum atomic E-state index is 0.101. The maximum Gasteiger partial charge on any atom is 0.163 e. The van der Waals surface area contributed by atoms with E-state index in [2.05, 4.69) is 22.2 Å². The van der Waals surface area contributed by atoms with Crippen LogP contribution in [0.3, 0.4) is 0 Å². The van der Waals surface area contributed by atoms with Crippen LogP contribution in [0.5, 0.6) is 11.5 Å². The molecule has 0 aliphatic carbocycles. The summed E-state index contributed by atoms with van der Waals surface area (Å²) in [4.78, 5) is 8.97. The summed E-state index contributed by atoms with van der Waals surface area (Å²) in [6, 6.07) is 3.64. The molecular weight excluding hydrogens is 314 g/mol. The monoisotopic (exact) mass is 337 g/mol. The van der Waals surface area contributed by atoms with Gasteiger partial charge in [-0.3, -0.25) is 4.98 Å². The molecule has 0 saturated heterocycles. The molecule has 1 aromatic heterocycles. The largest absolute Gasteiger partial charge is 0.493 e. The Morgan fingerprint density at radius 3 is 2.48 bits per heavy atom. The van der Waals surface area contributed by atoms with Gasteiger partial charge in [-0.05, 0) is 6.42 Å². The van der Waals surface area contributed by atoms with E-state index in [1.807, 2.05) is 12.1 Å². The lowest BCUT2D eigenvalue weighted by Crippen LogP contribution is -2.15. The molecule has 0 bridgehead atoms. The van der Waals surface area contributed by atoms with E-state index in [0.29, 0.717) is 23.9 Å². The van der Waals surface area contributed by atoms with Crippen LogP contribution in [0.4, 0.5) is 5.82 Å². The number of nitrogens with zero attached hydrogens (tertiary/aromatic N) is 2. The highest BCUT2D eigenvalue weighted by molar-refractivity contribution is 6.20. The molecule has 0 aliphatic rings. The fourth-order valence-corrected chi connectivity index (χ4v) is 2.59. The van der Waals surface area contributed by atoms with Gasteiger partial charge in [-0.1, -0.05) is 26.2 Å². The molecule has 0 aliphatic heterocycles. The quantitative estimate of drug-likeness (QED) is 0.547. The third kappa shape index (κ3) is 4.86. The predicted octanol–water partition coefficient (Wildman–Crippen LogP) is 4.25. The van der Waals surface area contributed by atoms with Crippen molar-refractivity contribution >= 4 is 28.5 Å². The molecule has 0 spiro atoms. The van der Waals surface area contributed by atoms with Gasteiger partial charge in [-0.25, -0.2) is 4.98 Å². The van der Waals surface area contributed by atoms with E-state index in [1.54, 1.807) is 20.4 Å². The number of benzene rings is 1. The number of alkyl halides is 1. The predicted molar refractivity (Wildman–Crippen MR) is 94.9 cm³/mol. The van der Waals surface area contributed by atoms with Gasteiger partial charge in [0.05, 0.1) is 36.8 Å². The number of nitrogens with one attached hydrogen (secondary N) is 1. The summed E-state index contributed by atoms with van der Waals surface area (Å²) >= 11 is 6.32. The molecular formula is C17H24ClN3O2. The number of unbranched alkanes of at least 4 members (excludes halogenated alkanes) is 2. The Labute approximate surface area is 142 Å². The van der Waals surface area contributed by atoms with Crippen molar-refractivity contribution in [1.29, 1.82) is 0 Å². The second kappa shape index (κ2) is 8.77. The SMILES string of the molecule is CCCCCC(Cl)CNc1cnc2cc(OC)c(OC)cc2n1. The van der Waals surface area contributed by atoms with Gasteiger partial charge >= 0.3 is 0 Å². The number of hydrogen-bond donors (Lipinski definition) is 1. The molecule has 2 rings (SSSR count). The first-order valence-corrected chi connectivity index (χ1v) is 8.38. The molecule has 1 unspecified atom stereocenters. The number of halogens is 1. The van der Waals surface area contributed by atoms with Crippen molar-refractivity contribution in [3.8, 4) is 11.5 Å². The van der Waals surface area contributed by atoms with E-state index in [9.17, 15) is 0 Å². The number of ether oxygens (including phenoxy) is 2. The average Bonchev–Trinajstić information content (AvgIpc) is 2.58. The second-order valence-corrected chi connectivity index (χ2v) is 6.04. The third-order valence-electron chi connectivity index (χ3n) is 3.67. The van der Waals surface area contributed by atoms with Gasteiger partial charge < -0.3 is 14.8 Å². The highest BCUT2D eigenvalue weighted by Gasteiger charge is 2.09. The van der Waals surface area contributed by atoms with E-state index in [1.165, 1.54) is 12.8 Å². The summed E-state index contributed by atoms with van der Waals surface area (Å²) in [5.41, 5.74) is 1.52. The maximum absolute atomic E-state index is 6.32. The van der Waals surface area contributed by atoms with Crippen molar-refractivity contribution in [1.82, 2.24) is 9.97 Å². The Morgan fingerprint density at radius 1 is 1.13 bits per heavy atom. The highest BCUT2D eigenvalue weighted by Crippen LogP contribution is 2.30. The van der Waals surface area contributed by atoms with Crippen LogP contribution >= 0.6 is 11.6 Å². The van der Waals surface area contributed by atoms with Gasteiger partial charge in [-0.15, -0.1) is 11.6 Å². The molecule has 1 atom stereocenters. The molecule has 126 valence electrons. The van der Waals surface area contributed by atoms with Crippen LogP contribution < -0.4 is 14.8 Å². The zero-order valence-corrected chi connectivity index (χ0v) is 14.7. The molecule has 2 aromatic rings. The van der Waals surface area contributed by atoms with Crippen LogP contribution in [0, 0.1) is 0 Å². The normalized spacial score (nSPS) is 12.2. The zero-order chi connectivity index (χ0) is 16.7. The molecule has 1 heterocycles. The lowest BCUT2D eigenvalue weighted by Gasteiger charge is -2.12.